The molecule has 0 saturated heterocycles. The average molecular weight is 485 g/mol. The van der Waals surface area contributed by atoms with Crippen LogP contribution in [0.4, 0.5) is 21.6 Å². The fourth-order valence-corrected chi connectivity index (χ4v) is 5.06. The number of hydrogen-bond acceptors (Lipinski definition) is 8. The van der Waals surface area contributed by atoms with Gasteiger partial charge in [-0.05, 0) is 47.5 Å². The van der Waals surface area contributed by atoms with E-state index in [9.17, 15) is 0 Å². The monoisotopic (exact) mass is 484 g/mol. The Balaban J connectivity index is 1.34. The lowest BCUT2D eigenvalue weighted by atomic mass is 10.2. The number of aromatic nitrogens is 2. The van der Waals surface area contributed by atoms with Gasteiger partial charge in [-0.2, -0.15) is 0 Å². The van der Waals surface area contributed by atoms with Crippen LogP contribution in [0.1, 0.15) is 11.1 Å². The molecule has 3 aromatic carbocycles. The number of thiazole rings is 2. The van der Waals surface area contributed by atoms with Gasteiger partial charge in [0, 0.05) is 52.0 Å². The molecule has 0 aliphatic heterocycles. The topological polar surface area (TPSA) is 57.0 Å². The predicted molar refractivity (Wildman–Crippen MR) is 149 cm³/mol. The summed E-state index contributed by atoms with van der Waals surface area (Å²) in [5, 5.41) is 1.48. The molecule has 2 heterocycles. The second kappa shape index (κ2) is 9.32. The highest BCUT2D eigenvalue weighted by atomic mass is 32.1. The van der Waals surface area contributed by atoms with Crippen molar-refractivity contribution in [3.8, 4) is 0 Å². The van der Waals surface area contributed by atoms with Crippen molar-refractivity contribution in [2.75, 3.05) is 38.0 Å². The molecule has 170 valence electrons. The fraction of sp³-hybridized carbons (Fsp3) is 0.154. The zero-order valence-corrected chi connectivity index (χ0v) is 21.1. The minimum Gasteiger partial charge on any atom is -0.378 e. The quantitative estimate of drug-likeness (QED) is 0.257. The summed E-state index contributed by atoms with van der Waals surface area (Å²) >= 11 is 3.13. The van der Waals surface area contributed by atoms with Crippen molar-refractivity contribution < 1.29 is 0 Å². The lowest BCUT2D eigenvalue weighted by Crippen LogP contribution is -2.08. The first-order valence-corrected chi connectivity index (χ1v) is 12.4. The fourth-order valence-electron chi connectivity index (χ4n) is 3.41. The first kappa shape index (κ1) is 22.2. The van der Waals surface area contributed by atoms with E-state index in [2.05, 4.69) is 80.4 Å². The van der Waals surface area contributed by atoms with Crippen LogP contribution in [0.2, 0.25) is 0 Å². The van der Waals surface area contributed by atoms with Crippen LogP contribution in [0.15, 0.2) is 70.6 Å². The molecule has 8 heteroatoms. The van der Waals surface area contributed by atoms with Gasteiger partial charge in [0.05, 0.1) is 20.4 Å². The summed E-state index contributed by atoms with van der Waals surface area (Å²) in [6, 6.07) is 20.7. The summed E-state index contributed by atoms with van der Waals surface area (Å²) in [7, 11) is 8.12. The van der Waals surface area contributed by atoms with E-state index in [1.165, 1.54) is 0 Å². The third-order valence-corrected chi connectivity index (χ3v) is 7.19. The van der Waals surface area contributed by atoms with Crippen molar-refractivity contribution in [2.24, 2.45) is 9.98 Å². The SMILES string of the molecule is CN(C)c1ccc(/C=N/c2nc3cc4sc(/N=C/c5ccc(N(C)C)cc5)nc4cc3s2)cc1. The van der Waals surface area contributed by atoms with Gasteiger partial charge in [-0.3, -0.25) is 0 Å². The molecule has 0 bridgehead atoms. The van der Waals surface area contributed by atoms with Crippen molar-refractivity contribution in [1.82, 2.24) is 9.97 Å². The summed E-state index contributed by atoms with van der Waals surface area (Å²) in [5.41, 5.74) is 6.29. The largest absolute Gasteiger partial charge is 0.378 e. The van der Waals surface area contributed by atoms with Crippen LogP contribution in [0.25, 0.3) is 20.4 Å². The predicted octanol–water partition coefficient (Wildman–Crippen LogP) is 6.54. The molecule has 34 heavy (non-hydrogen) atoms. The Bertz CT molecular complexity index is 1330. The van der Waals surface area contributed by atoms with E-state index in [0.717, 1.165) is 53.2 Å². The Morgan fingerprint density at radius 2 is 1.00 bits per heavy atom. The van der Waals surface area contributed by atoms with E-state index >= 15 is 0 Å². The lowest BCUT2D eigenvalue weighted by Gasteiger charge is -2.11. The van der Waals surface area contributed by atoms with Crippen molar-refractivity contribution in [3.63, 3.8) is 0 Å². The van der Waals surface area contributed by atoms with E-state index in [1.54, 1.807) is 22.7 Å². The molecule has 0 unspecified atom stereocenters. The highest BCUT2D eigenvalue weighted by molar-refractivity contribution is 7.23. The number of aliphatic imine (C=N–C) groups is 2. The van der Waals surface area contributed by atoms with Gasteiger partial charge in [-0.15, -0.1) is 0 Å². The van der Waals surface area contributed by atoms with Crippen LogP contribution < -0.4 is 9.80 Å². The summed E-state index contributed by atoms with van der Waals surface area (Å²) in [4.78, 5) is 22.7. The Kier molecular flexibility index (Phi) is 6.08. The van der Waals surface area contributed by atoms with Gasteiger partial charge in [0.1, 0.15) is 0 Å². The van der Waals surface area contributed by atoms with E-state index in [1.807, 2.05) is 40.6 Å². The molecule has 0 radical (unpaired) electrons. The second-order valence-corrected chi connectivity index (χ2v) is 10.3. The van der Waals surface area contributed by atoms with E-state index < -0.39 is 0 Å². The summed E-state index contributed by atoms with van der Waals surface area (Å²) in [5.74, 6) is 0. The highest BCUT2D eigenvalue weighted by Crippen LogP contribution is 2.35. The molecular formula is C26H24N6S2. The molecule has 2 aromatic heterocycles. The normalized spacial score (nSPS) is 11.9. The number of fused-ring (bicyclic) bond motifs is 2. The van der Waals surface area contributed by atoms with Gasteiger partial charge < -0.3 is 9.80 Å². The molecule has 0 aliphatic rings. The third kappa shape index (κ3) is 4.83. The zero-order chi connectivity index (χ0) is 23.7. The molecule has 0 spiro atoms. The summed E-state index contributed by atoms with van der Waals surface area (Å²) in [6.07, 6.45) is 3.71. The highest BCUT2D eigenvalue weighted by Gasteiger charge is 2.09. The van der Waals surface area contributed by atoms with Gasteiger partial charge in [0.15, 0.2) is 0 Å². The molecule has 0 amide bonds. The van der Waals surface area contributed by atoms with Crippen molar-refractivity contribution in [3.05, 3.63) is 71.8 Å². The number of benzene rings is 3. The summed E-state index contributed by atoms with van der Waals surface area (Å²) < 4.78 is 2.14. The average Bonchev–Trinajstić information content (AvgIpc) is 3.42. The van der Waals surface area contributed by atoms with Crippen LogP contribution in [0.5, 0.6) is 0 Å². The number of anilines is 2. The van der Waals surface area contributed by atoms with E-state index in [0.29, 0.717) is 0 Å². The molecular weight excluding hydrogens is 460 g/mol. The van der Waals surface area contributed by atoms with Crippen LogP contribution >= 0.6 is 22.7 Å². The molecule has 0 fully saturated rings. The van der Waals surface area contributed by atoms with Crippen LogP contribution in [-0.4, -0.2) is 50.6 Å². The second-order valence-electron chi connectivity index (χ2n) is 8.27. The van der Waals surface area contributed by atoms with Gasteiger partial charge in [0.2, 0.25) is 10.3 Å². The Morgan fingerprint density at radius 3 is 1.35 bits per heavy atom. The minimum atomic E-state index is 0.740. The molecule has 5 rings (SSSR count). The van der Waals surface area contributed by atoms with Gasteiger partial charge in [0.25, 0.3) is 0 Å². The third-order valence-electron chi connectivity index (χ3n) is 5.34. The molecule has 0 N–H and O–H groups in total. The minimum absolute atomic E-state index is 0.740. The van der Waals surface area contributed by atoms with Gasteiger partial charge in [-0.25, -0.2) is 20.0 Å². The van der Waals surface area contributed by atoms with Gasteiger partial charge in [-0.1, -0.05) is 46.9 Å². The Morgan fingerprint density at radius 1 is 0.618 bits per heavy atom. The van der Waals surface area contributed by atoms with Gasteiger partial charge >= 0.3 is 0 Å². The van der Waals surface area contributed by atoms with Crippen molar-refractivity contribution in [2.45, 2.75) is 0 Å². The zero-order valence-electron chi connectivity index (χ0n) is 19.4. The number of rotatable bonds is 6. The molecule has 5 aromatic rings. The van der Waals surface area contributed by atoms with Crippen LogP contribution in [0, 0.1) is 0 Å². The van der Waals surface area contributed by atoms with Crippen LogP contribution in [-0.2, 0) is 0 Å². The number of nitrogens with zero attached hydrogens (tertiary/aromatic N) is 6. The lowest BCUT2D eigenvalue weighted by molar-refractivity contribution is 1.13. The first-order valence-electron chi connectivity index (χ1n) is 10.8. The van der Waals surface area contributed by atoms with Crippen molar-refractivity contribution in [1.29, 1.82) is 0 Å². The molecule has 0 atom stereocenters. The smallest absolute Gasteiger partial charge is 0.210 e. The maximum absolute atomic E-state index is 4.70. The van der Waals surface area contributed by atoms with Crippen molar-refractivity contribution >= 4 is 77.2 Å². The molecule has 0 saturated carbocycles. The Labute approximate surface area is 206 Å². The maximum Gasteiger partial charge on any atom is 0.210 e. The molecule has 6 nitrogen and oxygen atoms in total. The number of hydrogen-bond donors (Lipinski definition) is 0. The first-order chi connectivity index (χ1) is 16.4. The molecule has 0 aliphatic carbocycles. The Hall–Kier alpha value is -3.62. The standard InChI is InChI=1S/C26H24N6S2/c1-31(2)19-9-5-17(6-10-19)15-27-25-29-21-13-24-22(14-23(21)33-25)30-26(34-24)28-16-18-7-11-20(12-8-18)32(3)4/h5-16H,1-4H3/b27-15+,28-16+. The van der Waals surface area contributed by atoms with E-state index in [-0.39, 0.29) is 0 Å². The van der Waals surface area contributed by atoms with Crippen LogP contribution in [0.3, 0.4) is 0 Å². The maximum atomic E-state index is 4.70. The van der Waals surface area contributed by atoms with E-state index in [4.69, 9.17) is 9.97 Å². The summed E-state index contributed by atoms with van der Waals surface area (Å²) in [6.45, 7) is 0.